The van der Waals surface area contributed by atoms with Crippen LogP contribution in [0.5, 0.6) is 5.75 Å². The second kappa shape index (κ2) is 5.96. The Labute approximate surface area is 154 Å². The van der Waals surface area contributed by atoms with Gasteiger partial charge in [0.1, 0.15) is 17.4 Å². The van der Waals surface area contributed by atoms with Crippen LogP contribution < -0.4 is 10.5 Å². The Balaban J connectivity index is 1.69. The number of hydrogen-bond donors (Lipinski definition) is 1. The van der Waals surface area contributed by atoms with Crippen LogP contribution in [0.15, 0.2) is 41.5 Å². The van der Waals surface area contributed by atoms with Crippen LogP contribution in [0, 0.1) is 11.9 Å². The predicted molar refractivity (Wildman–Crippen MR) is 98.7 cm³/mol. The molecule has 2 aromatic rings. The number of rotatable bonds is 1. The molecule has 2 unspecified atom stereocenters. The Morgan fingerprint density at radius 1 is 1.31 bits per heavy atom. The van der Waals surface area contributed by atoms with Crippen LogP contribution in [0.1, 0.15) is 12.0 Å². The highest BCUT2D eigenvalue weighted by molar-refractivity contribution is 8.14. The van der Waals surface area contributed by atoms with E-state index in [9.17, 15) is 4.39 Å². The molecule has 1 spiro atoms. The zero-order chi connectivity index (χ0) is 17.7. The number of nitrogens with two attached hydrogens (primary N) is 1. The lowest BCUT2D eigenvalue weighted by Crippen LogP contribution is -2.52. The van der Waals surface area contributed by atoms with Gasteiger partial charge in [-0.15, -0.1) is 0 Å². The average Bonchev–Trinajstić information content (AvgIpc) is 3.05. The topological polar surface area (TPSA) is 69.7 Å². The number of thioether (sulfide) groups is 1. The molecule has 26 heavy (non-hydrogen) atoms. The molecule has 1 aromatic carbocycles. The molecule has 0 bridgehead atoms. The molecule has 0 amide bonds. The minimum atomic E-state index is -0.485. The lowest BCUT2D eigenvalue weighted by Gasteiger charge is -2.46. The predicted octanol–water partition coefficient (Wildman–Crippen LogP) is 2.94. The summed E-state index contributed by atoms with van der Waals surface area (Å²) in [6.07, 6.45) is 2.35. The van der Waals surface area contributed by atoms with Gasteiger partial charge < -0.3 is 15.2 Å². The van der Waals surface area contributed by atoms with E-state index < -0.39 is 11.5 Å². The zero-order valence-corrected chi connectivity index (χ0v) is 14.8. The highest BCUT2D eigenvalue weighted by Gasteiger charge is 2.53. The number of aromatic nitrogens is 1. The Morgan fingerprint density at radius 2 is 2.23 bits per heavy atom. The van der Waals surface area contributed by atoms with Crippen LogP contribution in [0.25, 0.3) is 11.1 Å². The Kier molecular flexibility index (Phi) is 3.68. The molecule has 134 valence electrons. The highest BCUT2D eigenvalue weighted by Crippen LogP contribution is 2.52. The van der Waals surface area contributed by atoms with E-state index in [1.165, 1.54) is 6.20 Å². The van der Waals surface area contributed by atoms with Crippen LogP contribution in [0.4, 0.5) is 4.39 Å². The van der Waals surface area contributed by atoms with E-state index in [0.717, 1.165) is 29.1 Å². The fourth-order valence-corrected chi connectivity index (χ4v) is 5.21. The molecule has 0 aliphatic carbocycles. The Morgan fingerprint density at radius 3 is 3.04 bits per heavy atom. The molecule has 1 saturated heterocycles. The summed E-state index contributed by atoms with van der Waals surface area (Å²) < 4.78 is 26.2. The van der Waals surface area contributed by atoms with Gasteiger partial charge >= 0.3 is 0 Å². The number of benzene rings is 1. The monoisotopic (exact) mass is 371 g/mol. The summed E-state index contributed by atoms with van der Waals surface area (Å²) >= 11 is 1.56. The molecule has 7 heteroatoms. The van der Waals surface area contributed by atoms with Crippen molar-refractivity contribution < 1.29 is 13.9 Å². The molecular formula is C19H18FN3O2S. The van der Waals surface area contributed by atoms with Crippen LogP contribution in [-0.2, 0) is 10.3 Å². The number of amidine groups is 1. The van der Waals surface area contributed by atoms with Crippen molar-refractivity contribution in [1.29, 1.82) is 0 Å². The van der Waals surface area contributed by atoms with Crippen LogP contribution in [0.2, 0.25) is 0 Å². The molecule has 5 rings (SSSR count). The summed E-state index contributed by atoms with van der Waals surface area (Å²) in [5.74, 6) is 1.17. The van der Waals surface area contributed by atoms with Crippen LogP contribution in [0.3, 0.4) is 0 Å². The van der Waals surface area contributed by atoms with Crippen molar-refractivity contribution in [3.05, 3.63) is 48.0 Å². The van der Waals surface area contributed by atoms with E-state index >= 15 is 0 Å². The molecule has 4 heterocycles. The van der Waals surface area contributed by atoms with Crippen molar-refractivity contribution in [1.82, 2.24) is 4.98 Å². The number of pyridine rings is 1. The molecule has 1 fully saturated rings. The van der Waals surface area contributed by atoms with Gasteiger partial charge in [0, 0.05) is 35.4 Å². The summed E-state index contributed by atoms with van der Waals surface area (Å²) in [5.41, 5.74) is 7.76. The lowest BCUT2D eigenvalue weighted by atomic mass is 9.73. The van der Waals surface area contributed by atoms with Crippen LogP contribution in [-0.4, -0.2) is 35.2 Å². The van der Waals surface area contributed by atoms with Gasteiger partial charge in [-0.1, -0.05) is 17.8 Å². The standard InChI is InChI=1S/C19H18FN3O2S/c20-17-12(2-1-6-22-17)11-3-4-15-13(8-11)19(10-26-18(21)23-19)14-9-24-7-5-16(14)25-15/h1-4,6,8,14,16H,5,7,9-10H2,(H2,21,23)/t14?,16?,19-/m0/s1. The first-order chi connectivity index (χ1) is 12.7. The van der Waals surface area contributed by atoms with Crippen molar-refractivity contribution in [3.63, 3.8) is 0 Å². The SMILES string of the molecule is NC1=N[C@@]2(CS1)c1cc(-c3cccnc3F)ccc1OC1CCOCC12. The average molecular weight is 371 g/mol. The fourth-order valence-electron chi connectivity index (χ4n) is 4.18. The number of halogens is 1. The first-order valence-corrected chi connectivity index (χ1v) is 9.64. The van der Waals surface area contributed by atoms with Crippen molar-refractivity contribution in [2.45, 2.75) is 18.1 Å². The maximum Gasteiger partial charge on any atom is 0.220 e. The van der Waals surface area contributed by atoms with Crippen molar-refractivity contribution >= 4 is 16.9 Å². The molecule has 3 aliphatic rings. The second-order valence-corrected chi connectivity index (χ2v) is 7.84. The minimum Gasteiger partial charge on any atom is -0.489 e. The van der Waals surface area contributed by atoms with Gasteiger partial charge in [0.2, 0.25) is 5.95 Å². The van der Waals surface area contributed by atoms with Gasteiger partial charge in [-0.2, -0.15) is 4.39 Å². The van der Waals surface area contributed by atoms with Gasteiger partial charge in [-0.3, -0.25) is 0 Å². The highest BCUT2D eigenvalue weighted by atomic mass is 32.2. The van der Waals surface area contributed by atoms with Gasteiger partial charge in [0.25, 0.3) is 0 Å². The molecule has 0 radical (unpaired) electrons. The van der Waals surface area contributed by atoms with Crippen molar-refractivity contribution in [2.75, 3.05) is 19.0 Å². The van der Waals surface area contributed by atoms with Gasteiger partial charge in [-0.25, -0.2) is 9.98 Å². The first-order valence-electron chi connectivity index (χ1n) is 8.65. The molecular weight excluding hydrogens is 353 g/mol. The summed E-state index contributed by atoms with van der Waals surface area (Å²) in [6, 6.07) is 9.23. The number of fused-ring (bicyclic) bond motifs is 4. The van der Waals surface area contributed by atoms with E-state index in [4.69, 9.17) is 20.2 Å². The van der Waals surface area contributed by atoms with Crippen molar-refractivity contribution in [2.24, 2.45) is 16.6 Å². The van der Waals surface area contributed by atoms with E-state index in [2.05, 4.69) is 4.98 Å². The van der Waals surface area contributed by atoms with Crippen LogP contribution >= 0.6 is 11.8 Å². The number of nitrogens with zero attached hydrogens (tertiary/aromatic N) is 2. The minimum absolute atomic E-state index is 0.0625. The third kappa shape index (κ3) is 2.34. The zero-order valence-electron chi connectivity index (χ0n) is 14.0. The first kappa shape index (κ1) is 16.1. The van der Waals surface area contributed by atoms with E-state index in [-0.39, 0.29) is 12.0 Å². The summed E-state index contributed by atoms with van der Waals surface area (Å²) in [5, 5.41) is 0.583. The van der Waals surface area contributed by atoms with E-state index in [0.29, 0.717) is 23.9 Å². The third-order valence-corrected chi connectivity index (χ3v) is 6.42. The number of aliphatic imine (C=N–C) groups is 1. The molecule has 1 aromatic heterocycles. The molecule has 3 atom stereocenters. The smallest absolute Gasteiger partial charge is 0.220 e. The fraction of sp³-hybridized carbons (Fsp3) is 0.368. The van der Waals surface area contributed by atoms with Gasteiger partial charge in [-0.05, 0) is 29.8 Å². The van der Waals surface area contributed by atoms with Gasteiger partial charge in [0.05, 0.1) is 13.2 Å². The largest absolute Gasteiger partial charge is 0.489 e. The molecule has 2 N–H and O–H groups in total. The maximum atomic E-state index is 14.2. The molecule has 3 aliphatic heterocycles. The lowest BCUT2D eigenvalue weighted by molar-refractivity contribution is -0.0628. The summed E-state index contributed by atoms with van der Waals surface area (Å²) in [6.45, 7) is 1.28. The number of hydrogen-bond acceptors (Lipinski definition) is 6. The van der Waals surface area contributed by atoms with Crippen molar-refractivity contribution in [3.8, 4) is 16.9 Å². The normalized spacial score (nSPS) is 29.7. The second-order valence-electron chi connectivity index (χ2n) is 6.84. The van der Waals surface area contributed by atoms with E-state index in [1.807, 2.05) is 18.2 Å². The van der Waals surface area contributed by atoms with E-state index in [1.54, 1.807) is 23.9 Å². The Bertz CT molecular complexity index is 906. The molecule has 0 saturated carbocycles. The van der Waals surface area contributed by atoms with Gasteiger partial charge in [0.15, 0.2) is 5.17 Å². The third-order valence-electron chi connectivity index (χ3n) is 5.45. The molecule has 5 nitrogen and oxygen atoms in total. The summed E-state index contributed by atoms with van der Waals surface area (Å²) in [7, 11) is 0. The quantitative estimate of drug-likeness (QED) is 0.781. The summed E-state index contributed by atoms with van der Waals surface area (Å²) in [4.78, 5) is 8.62. The maximum absolute atomic E-state index is 14.2. The Hall–Kier alpha value is -2.12. The number of ether oxygens (including phenoxy) is 2.